The minimum absolute atomic E-state index is 0.0783. The van der Waals surface area contributed by atoms with Crippen LogP contribution in [0.25, 0.3) is 0 Å². The van der Waals surface area contributed by atoms with Crippen LogP contribution < -0.4 is 15.1 Å². The molecule has 2 N–H and O–H groups in total. The topological polar surface area (TPSA) is 91.3 Å². The van der Waals surface area contributed by atoms with Gasteiger partial charge in [0, 0.05) is 13.1 Å². The number of amides is 2. The lowest BCUT2D eigenvalue weighted by molar-refractivity contribution is 0.0963. The Morgan fingerprint density at radius 2 is 2.03 bits per heavy atom. The number of ether oxygens (including phenoxy) is 2. The highest BCUT2D eigenvalue weighted by Crippen LogP contribution is 2.30. The molecule has 0 spiro atoms. The Morgan fingerprint density at radius 3 is 2.63 bits per heavy atom. The SMILES string of the molecule is O=C1O[C@@H](CO)CN1c1ccc(N(C(=O)OCc2ccccc2)C2CNC2)c(F)c1. The van der Waals surface area contributed by atoms with Crippen molar-refractivity contribution in [1.29, 1.82) is 0 Å². The van der Waals surface area contributed by atoms with Crippen LogP contribution in [0.2, 0.25) is 0 Å². The van der Waals surface area contributed by atoms with Gasteiger partial charge in [0.2, 0.25) is 0 Å². The highest BCUT2D eigenvalue weighted by Gasteiger charge is 2.35. The zero-order chi connectivity index (χ0) is 21.1. The lowest BCUT2D eigenvalue weighted by atomic mass is 10.1. The van der Waals surface area contributed by atoms with E-state index in [0.29, 0.717) is 18.8 Å². The first kappa shape index (κ1) is 20.1. The van der Waals surface area contributed by atoms with E-state index in [1.54, 1.807) is 6.07 Å². The van der Waals surface area contributed by atoms with E-state index in [-0.39, 0.29) is 31.5 Å². The number of aliphatic hydroxyl groups is 1. The monoisotopic (exact) mass is 415 g/mol. The smallest absolute Gasteiger partial charge is 0.415 e. The maximum Gasteiger partial charge on any atom is 0.415 e. The number of hydrogen-bond donors (Lipinski definition) is 2. The molecule has 1 atom stereocenters. The van der Waals surface area contributed by atoms with E-state index >= 15 is 4.39 Å². The molecule has 0 aromatic heterocycles. The van der Waals surface area contributed by atoms with Gasteiger partial charge in [0.25, 0.3) is 0 Å². The lowest BCUT2D eigenvalue weighted by Crippen LogP contribution is -2.59. The van der Waals surface area contributed by atoms with Crippen molar-refractivity contribution < 1.29 is 28.6 Å². The fourth-order valence-electron chi connectivity index (χ4n) is 3.38. The van der Waals surface area contributed by atoms with E-state index in [2.05, 4.69) is 5.32 Å². The minimum Gasteiger partial charge on any atom is -0.444 e. The molecule has 0 bridgehead atoms. The molecule has 0 saturated carbocycles. The first-order valence-corrected chi connectivity index (χ1v) is 9.66. The van der Waals surface area contributed by atoms with Gasteiger partial charge in [0.1, 0.15) is 18.5 Å². The Morgan fingerprint density at radius 1 is 1.27 bits per heavy atom. The molecule has 158 valence electrons. The first-order chi connectivity index (χ1) is 14.6. The Balaban J connectivity index is 1.52. The van der Waals surface area contributed by atoms with Crippen LogP contribution in [0.1, 0.15) is 5.56 Å². The fourth-order valence-corrected chi connectivity index (χ4v) is 3.38. The molecule has 2 aliphatic heterocycles. The third-order valence-corrected chi connectivity index (χ3v) is 5.11. The summed E-state index contributed by atoms with van der Waals surface area (Å²) in [7, 11) is 0. The average molecular weight is 415 g/mol. The quantitative estimate of drug-likeness (QED) is 0.752. The van der Waals surface area contributed by atoms with Gasteiger partial charge in [0.15, 0.2) is 0 Å². The molecule has 9 heteroatoms. The summed E-state index contributed by atoms with van der Waals surface area (Å²) in [4.78, 5) is 27.3. The molecule has 2 aliphatic rings. The van der Waals surface area contributed by atoms with Crippen LogP contribution in [-0.4, -0.2) is 55.7 Å². The number of benzene rings is 2. The van der Waals surface area contributed by atoms with Crippen LogP contribution in [0, 0.1) is 5.82 Å². The molecule has 8 nitrogen and oxygen atoms in total. The Labute approximate surface area is 172 Å². The molecular formula is C21H22FN3O5. The van der Waals surface area contributed by atoms with Crippen LogP contribution in [-0.2, 0) is 16.1 Å². The van der Waals surface area contributed by atoms with Crippen molar-refractivity contribution in [3.05, 3.63) is 59.9 Å². The van der Waals surface area contributed by atoms with Crippen molar-refractivity contribution in [3.63, 3.8) is 0 Å². The zero-order valence-corrected chi connectivity index (χ0v) is 16.2. The predicted octanol–water partition coefficient (Wildman–Crippen LogP) is 2.26. The molecule has 2 saturated heterocycles. The van der Waals surface area contributed by atoms with E-state index in [0.717, 1.165) is 5.56 Å². The van der Waals surface area contributed by atoms with E-state index in [4.69, 9.17) is 14.6 Å². The molecular weight excluding hydrogens is 393 g/mol. The first-order valence-electron chi connectivity index (χ1n) is 9.66. The number of nitrogens with zero attached hydrogens (tertiary/aromatic N) is 2. The van der Waals surface area contributed by atoms with Gasteiger partial charge < -0.3 is 19.9 Å². The molecule has 2 aromatic rings. The number of cyclic esters (lactones) is 1. The highest BCUT2D eigenvalue weighted by molar-refractivity contribution is 5.92. The van der Waals surface area contributed by atoms with Gasteiger partial charge in [-0.15, -0.1) is 0 Å². The molecule has 0 unspecified atom stereocenters. The summed E-state index contributed by atoms with van der Waals surface area (Å²) in [5.41, 5.74) is 1.20. The summed E-state index contributed by atoms with van der Waals surface area (Å²) in [5.74, 6) is -0.656. The number of aliphatic hydroxyl groups excluding tert-OH is 1. The second kappa shape index (κ2) is 8.68. The van der Waals surface area contributed by atoms with E-state index in [1.165, 1.54) is 21.9 Å². The maximum absolute atomic E-state index is 15.0. The van der Waals surface area contributed by atoms with Gasteiger partial charge in [0.05, 0.1) is 30.6 Å². The van der Waals surface area contributed by atoms with Crippen molar-refractivity contribution >= 4 is 23.6 Å². The second-order valence-corrected chi connectivity index (χ2v) is 7.16. The van der Waals surface area contributed by atoms with Crippen molar-refractivity contribution in [2.24, 2.45) is 0 Å². The lowest BCUT2D eigenvalue weighted by Gasteiger charge is -2.37. The molecule has 2 heterocycles. The van der Waals surface area contributed by atoms with E-state index in [9.17, 15) is 9.59 Å². The minimum atomic E-state index is -0.656. The maximum atomic E-state index is 15.0. The normalized spacial score (nSPS) is 18.7. The Hall–Kier alpha value is -3.17. The third kappa shape index (κ3) is 4.07. The van der Waals surface area contributed by atoms with Crippen LogP contribution in [0.5, 0.6) is 0 Å². The van der Waals surface area contributed by atoms with Gasteiger partial charge in [-0.25, -0.2) is 14.0 Å². The summed E-state index contributed by atoms with van der Waals surface area (Å²) in [5, 5.41) is 12.2. The van der Waals surface area contributed by atoms with Crippen molar-refractivity contribution in [3.8, 4) is 0 Å². The largest absolute Gasteiger partial charge is 0.444 e. The standard InChI is InChI=1S/C21H22FN3O5/c22-18-8-15(24-11-17(12-26)30-20(24)27)6-7-19(18)25(16-9-23-10-16)21(28)29-13-14-4-2-1-3-5-14/h1-8,16-17,23,26H,9-13H2/t17-/m1/s1. The van der Waals surface area contributed by atoms with Crippen LogP contribution >= 0.6 is 0 Å². The molecule has 2 fully saturated rings. The molecule has 0 radical (unpaired) electrons. The summed E-state index contributed by atoms with van der Waals surface area (Å²) in [6.07, 6.45) is -1.94. The average Bonchev–Trinajstić information content (AvgIpc) is 3.10. The number of halogens is 1. The molecule has 2 aromatic carbocycles. The molecule has 2 amide bonds. The van der Waals surface area contributed by atoms with E-state index < -0.39 is 24.1 Å². The third-order valence-electron chi connectivity index (χ3n) is 5.11. The van der Waals surface area contributed by atoms with Gasteiger partial charge in [-0.05, 0) is 23.8 Å². The van der Waals surface area contributed by atoms with Gasteiger partial charge in [-0.2, -0.15) is 0 Å². The van der Waals surface area contributed by atoms with Crippen molar-refractivity contribution in [1.82, 2.24) is 5.32 Å². The van der Waals surface area contributed by atoms with Crippen LogP contribution in [0.15, 0.2) is 48.5 Å². The summed E-state index contributed by atoms with van der Waals surface area (Å²) in [6, 6.07) is 13.2. The van der Waals surface area contributed by atoms with E-state index in [1.807, 2.05) is 30.3 Å². The van der Waals surface area contributed by atoms with Gasteiger partial charge >= 0.3 is 12.2 Å². The number of hydrogen-bond acceptors (Lipinski definition) is 6. The number of carbonyl (C=O) groups is 2. The molecule has 4 rings (SSSR count). The predicted molar refractivity (Wildman–Crippen MR) is 107 cm³/mol. The summed E-state index contributed by atoms with van der Waals surface area (Å²) >= 11 is 0. The van der Waals surface area contributed by atoms with Gasteiger partial charge in [-0.1, -0.05) is 30.3 Å². The zero-order valence-electron chi connectivity index (χ0n) is 16.2. The van der Waals surface area contributed by atoms with Crippen LogP contribution in [0.4, 0.5) is 25.4 Å². The number of anilines is 2. The van der Waals surface area contributed by atoms with Crippen molar-refractivity contribution in [2.75, 3.05) is 36.0 Å². The number of carbonyl (C=O) groups excluding carboxylic acids is 2. The number of nitrogens with one attached hydrogen (secondary N) is 1. The summed E-state index contributed by atoms with van der Waals surface area (Å²) < 4.78 is 25.4. The summed E-state index contributed by atoms with van der Waals surface area (Å²) in [6.45, 7) is 0.955. The Bertz CT molecular complexity index is 922. The molecule has 30 heavy (non-hydrogen) atoms. The Kier molecular flexibility index (Phi) is 5.82. The fraction of sp³-hybridized carbons (Fsp3) is 0.333. The van der Waals surface area contributed by atoms with Crippen molar-refractivity contribution in [2.45, 2.75) is 18.8 Å². The highest BCUT2D eigenvalue weighted by atomic mass is 19.1. The van der Waals surface area contributed by atoms with Crippen LogP contribution in [0.3, 0.4) is 0 Å². The number of rotatable bonds is 6. The van der Waals surface area contributed by atoms with Gasteiger partial charge in [-0.3, -0.25) is 9.80 Å². The second-order valence-electron chi connectivity index (χ2n) is 7.16. The molecule has 0 aliphatic carbocycles.